The topological polar surface area (TPSA) is 12.9 Å². The highest BCUT2D eigenvalue weighted by Gasteiger charge is 1.86. The minimum absolute atomic E-state index is 0.323. The second-order valence-corrected chi connectivity index (χ2v) is 2.16. The standard InChI is InChI=1S/C9H7N/c1-2-4-9-7-10-6-5-8(9)3-1/h1-7H/i6D. The molecule has 1 aromatic carbocycles. The number of fused-ring (bicyclic) bond motifs is 1. The van der Waals surface area contributed by atoms with E-state index in [4.69, 9.17) is 1.37 Å². The first kappa shape index (κ1) is 4.45. The first-order valence-electron chi connectivity index (χ1n) is 3.68. The van der Waals surface area contributed by atoms with Crippen LogP contribution < -0.4 is 0 Å². The van der Waals surface area contributed by atoms with Crippen molar-refractivity contribution in [1.29, 1.82) is 0 Å². The molecule has 1 aromatic heterocycles. The van der Waals surface area contributed by atoms with Crippen molar-refractivity contribution in [2.45, 2.75) is 0 Å². The maximum atomic E-state index is 7.27. The van der Waals surface area contributed by atoms with Gasteiger partial charge in [0.2, 0.25) is 0 Å². The largest absolute Gasteiger partial charge is 0.264 e. The van der Waals surface area contributed by atoms with Gasteiger partial charge in [0, 0.05) is 12.4 Å². The van der Waals surface area contributed by atoms with Crippen molar-refractivity contribution in [3.05, 3.63) is 42.7 Å². The molecule has 0 fully saturated rings. The lowest BCUT2D eigenvalue weighted by Gasteiger charge is -1.91. The molecule has 0 aliphatic heterocycles. The number of rotatable bonds is 0. The smallest absolute Gasteiger partial charge is 0.0840 e. The molecule has 0 atom stereocenters. The Balaban J connectivity index is 2.83. The molecule has 0 radical (unpaired) electrons. The summed E-state index contributed by atoms with van der Waals surface area (Å²) in [5.74, 6) is 0. The molecule has 48 valence electrons. The van der Waals surface area contributed by atoms with Crippen LogP contribution in [-0.2, 0) is 0 Å². The van der Waals surface area contributed by atoms with Crippen LogP contribution in [-0.4, -0.2) is 4.98 Å². The van der Waals surface area contributed by atoms with E-state index in [0.29, 0.717) is 6.17 Å². The van der Waals surface area contributed by atoms with E-state index in [1.54, 1.807) is 12.3 Å². The molecule has 0 unspecified atom stereocenters. The fourth-order valence-corrected chi connectivity index (χ4v) is 0.974. The maximum absolute atomic E-state index is 7.27. The van der Waals surface area contributed by atoms with Gasteiger partial charge in [-0.25, -0.2) is 0 Å². The Morgan fingerprint density at radius 2 is 1.90 bits per heavy atom. The van der Waals surface area contributed by atoms with Crippen molar-refractivity contribution in [2.24, 2.45) is 0 Å². The van der Waals surface area contributed by atoms with Crippen molar-refractivity contribution in [3.63, 3.8) is 0 Å². The Morgan fingerprint density at radius 3 is 2.80 bits per heavy atom. The van der Waals surface area contributed by atoms with E-state index in [1.165, 1.54) is 0 Å². The van der Waals surface area contributed by atoms with Crippen molar-refractivity contribution in [3.8, 4) is 0 Å². The zero-order valence-corrected chi connectivity index (χ0v) is 5.41. The van der Waals surface area contributed by atoms with Crippen LogP contribution in [0.4, 0.5) is 0 Å². The van der Waals surface area contributed by atoms with Crippen LogP contribution in [0.25, 0.3) is 10.8 Å². The van der Waals surface area contributed by atoms with Gasteiger partial charge in [-0.1, -0.05) is 24.3 Å². The summed E-state index contributed by atoms with van der Waals surface area (Å²) in [4.78, 5) is 3.87. The lowest BCUT2D eigenvalue weighted by atomic mass is 10.2. The molecule has 0 N–H and O–H groups in total. The molecule has 0 aliphatic rings. The zero-order chi connectivity index (χ0) is 7.68. The normalized spacial score (nSPS) is 11.4. The van der Waals surface area contributed by atoms with Gasteiger partial charge in [0.05, 0.1) is 1.37 Å². The molecule has 1 heterocycles. The predicted molar refractivity (Wildman–Crippen MR) is 41.7 cm³/mol. The average Bonchev–Trinajstić information content (AvgIpc) is 2.04. The second-order valence-electron chi connectivity index (χ2n) is 2.16. The minimum atomic E-state index is 0.323. The third-order valence-electron chi connectivity index (χ3n) is 1.49. The Hall–Kier alpha value is -1.37. The highest BCUT2D eigenvalue weighted by Crippen LogP contribution is 2.09. The monoisotopic (exact) mass is 130 g/mol. The van der Waals surface area contributed by atoms with E-state index in [0.717, 1.165) is 10.8 Å². The molecule has 0 saturated carbocycles. The molecule has 0 spiro atoms. The predicted octanol–water partition coefficient (Wildman–Crippen LogP) is 2.23. The van der Waals surface area contributed by atoms with Crippen molar-refractivity contribution in [1.82, 2.24) is 4.98 Å². The van der Waals surface area contributed by atoms with E-state index in [-0.39, 0.29) is 0 Å². The molecule has 10 heavy (non-hydrogen) atoms. The molecule has 2 aromatic rings. The molecule has 0 aliphatic carbocycles. The number of aromatic nitrogens is 1. The van der Waals surface area contributed by atoms with Crippen LogP contribution in [0.1, 0.15) is 1.37 Å². The lowest BCUT2D eigenvalue weighted by molar-refractivity contribution is 1.36. The summed E-state index contributed by atoms with van der Waals surface area (Å²) in [5.41, 5.74) is 0. The van der Waals surface area contributed by atoms with E-state index in [1.807, 2.05) is 24.3 Å². The van der Waals surface area contributed by atoms with Crippen molar-refractivity contribution in [2.75, 3.05) is 0 Å². The molecule has 0 bridgehead atoms. The van der Waals surface area contributed by atoms with E-state index < -0.39 is 0 Å². The summed E-state index contributed by atoms with van der Waals surface area (Å²) < 4.78 is 7.27. The summed E-state index contributed by atoms with van der Waals surface area (Å²) in [6.07, 6.45) is 2.04. The third-order valence-corrected chi connectivity index (χ3v) is 1.49. The highest BCUT2D eigenvalue weighted by molar-refractivity contribution is 5.80. The first-order chi connectivity index (χ1) is 5.36. The third kappa shape index (κ3) is 0.760. The molecular formula is C9H7N. The van der Waals surface area contributed by atoms with Crippen LogP contribution in [0.5, 0.6) is 0 Å². The molecule has 0 amide bonds. The molecule has 2 rings (SSSR count). The fourth-order valence-electron chi connectivity index (χ4n) is 0.974. The number of pyridine rings is 1. The SMILES string of the molecule is [2H]c1cc2ccccc2cn1. The van der Waals surface area contributed by atoms with Crippen molar-refractivity contribution < 1.29 is 1.37 Å². The lowest BCUT2D eigenvalue weighted by Crippen LogP contribution is -1.71. The summed E-state index contributed by atoms with van der Waals surface area (Å²) >= 11 is 0. The fraction of sp³-hybridized carbons (Fsp3) is 0. The Bertz CT molecular complexity index is 384. The molecular weight excluding hydrogens is 122 g/mol. The number of hydrogen-bond acceptors (Lipinski definition) is 1. The van der Waals surface area contributed by atoms with Gasteiger partial charge < -0.3 is 0 Å². The van der Waals surface area contributed by atoms with Gasteiger partial charge in [-0.15, -0.1) is 0 Å². The number of hydrogen-bond donors (Lipinski definition) is 0. The zero-order valence-electron chi connectivity index (χ0n) is 6.41. The van der Waals surface area contributed by atoms with Gasteiger partial charge in [0.1, 0.15) is 0 Å². The average molecular weight is 130 g/mol. The second kappa shape index (κ2) is 2.10. The van der Waals surface area contributed by atoms with Crippen LogP contribution in [0, 0.1) is 0 Å². The Morgan fingerprint density at radius 1 is 1.10 bits per heavy atom. The van der Waals surface area contributed by atoms with Crippen molar-refractivity contribution >= 4 is 10.8 Å². The quantitative estimate of drug-likeness (QED) is 0.533. The summed E-state index contributed by atoms with van der Waals surface area (Å²) in [6, 6.07) is 9.65. The van der Waals surface area contributed by atoms with Crippen LogP contribution in [0.15, 0.2) is 42.7 Å². The summed E-state index contributed by atoms with van der Waals surface area (Å²) in [7, 11) is 0. The first-order valence-corrected chi connectivity index (χ1v) is 3.18. The van der Waals surface area contributed by atoms with Gasteiger partial charge >= 0.3 is 0 Å². The Labute approximate surface area is 60.7 Å². The van der Waals surface area contributed by atoms with Gasteiger partial charge in [-0.3, -0.25) is 4.98 Å². The summed E-state index contributed by atoms with van der Waals surface area (Å²) in [6.45, 7) is 0. The van der Waals surface area contributed by atoms with Crippen LogP contribution in [0.3, 0.4) is 0 Å². The van der Waals surface area contributed by atoms with Crippen LogP contribution in [0.2, 0.25) is 0 Å². The highest BCUT2D eigenvalue weighted by atomic mass is 14.6. The van der Waals surface area contributed by atoms with Gasteiger partial charge in [0.25, 0.3) is 0 Å². The molecule has 1 nitrogen and oxygen atoms in total. The minimum Gasteiger partial charge on any atom is -0.264 e. The molecule has 1 heteroatoms. The molecule has 0 saturated heterocycles. The van der Waals surface area contributed by atoms with E-state index >= 15 is 0 Å². The van der Waals surface area contributed by atoms with Gasteiger partial charge in [0.15, 0.2) is 0 Å². The Kier molecular flexibility index (Phi) is 0.935. The van der Waals surface area contributed by atoms with Gasteiger partial charge in [-0.2, -0.15) is 0 Å². The number of nitrogens with zero attached hydrogens (tertiary/aromatic N) is 1. The summed E-state index contributed by atoms with van der Waals surface area (Å²) in [5, 5.41) is 2.16. The number of benzene rings is 1. The van der Waals surface area contributed by atoms with E-state index in [2.05, 4.69) is 4.98 Å². The van der Waals surface area contributed by atoms with E-state index in [9.17, 15) is 0 Å². The van der Waals surface area contributed by atoms with Gasteiger partial charge in [-0.05, 0) is 16.8 Å². The van der Waals surface area contributed by atoms with Crippen LogP contribution >= 0.6 is 0 Å². The maximum Gasteiger partial charge on any atom is 0.0840 e.